The molecule has 0 saturated carbocycles. The van der Waals surface area contributed by atoms with Gasteiger partial charge in [0.15, 0.2) is 0 Å². The minimum absolute atomic E-state index is 0. The van der Waals surface area contributed by atoms with Gasteiger partial charge in [0.25, 0.3) is 0 Å². The predicted molar refractivity (Wildman–Crippen MR) is 198 cm³/mol. The van der Waals surface area contributed by atoms with Crippen LogP contribution in [0.25, 0.3) is 11.1 Å². The van der Waals surface area contributed by atoms with Crippen molar-refractivity contribution in [1.29, 1.82) is 0 Å². The van der Waals surface area contributed by atoms with Crippen LogP contribution in [0.1, 0.15) is 17.0 Å². The number of amides is 1. The first-order valence-electron chi connectivity index (χ1n) is 17.9. The zero-order chi connectivity index (χ0) is 35.9. The normalized spacial score (nSPS) is 12.0. The third-order valence-corrected chi connectivity index (χ3v) is 7.47. The summed E-state index contributed by atoms with van der Waals surface area (Å²) in [5.41, 5.74) is 10.1. The van der Waals surface area contributed by atoms with Crippen LogP contribution in [-0.2, 0) is 52.1 Å². The summed E-state index contributed by atoms with van der Waals surface area (Å²) in [5.74, 6) is 0.0376. The van der Waals surface area contributed by atoms with Crippen molar-refractivity contribution >= 4 is 18.5 Å². The van der Waals surface area contributed by atoms with E-state index in [1.807, 2.05) is 24.3 Å². The number of ether oxygens (including phenoxy) is 11. The number of carbonyl (C=O) groups is 1. The maximum Gasteiger partial charge on any atom is 0.407 e. The molecule has 0 radical (unpaired) electrons. The van der Waals surface area contributed by atoms with E-state index in [9.17, 15) is 4.79 Å². The molecule has 296 valence electrons. The monoisotopic (exact) mass is 758 g/mol. The van der Waals surface area contributed by atoms with Gasteiger partial charge in [-0.05, 0) is 22.3 Å². The number of carbonyl (C=O) groups excluding carboxylic acids is 1. The Kier molecular flexibility index (Phi) is 28.2. The van der Waals surface area contributed by atoms with Crippen LogP contribution in [0.5, 0.6) is 0 Å². The van der Waals surface area contributed by atoms with Gasteiger partial charge in [-0.15, -0.1) is 12.4 Å². The van der Waals surface area contributed by atoms with Gasteiger partial charge in [-0.1, -0.05) is 48.5 Å². The lowest BCUT2D eigenvalue weighted by atomic mass is 9.98. The predicted octanol–water partition coefficient (Wildman–Crippen LogP) is 3.07. The third-order valence-electron chi connectivity index (χ3n) is 7.47. The second kappa shape index (κ2) is 32.0. The molecule has 14 nitrogen and oxygen atoms in total. The van der Waals surface area contributed by atoms with E-state index in [0.717, 1.165) is 0 Å². The van der Waals surface area contributed by atoms with Crippen molar-refractivity contribution in [2.75, 3.05) is 152 Å². The number of hydrogen-bond donors (Lipinski definition) is 2. The Bertz CT molecular complexity index is 1110. The number of benzene rings is 2. The fraction of sp³-hybridized carbons (Fsp3) is 0.649. The van der Waals surface area contributed by atoms with Gasteiger partial charge in [-0.25, -0.2) is 4.79 Å². The largest absolute Gasteiger partial charge is 0.449 e. The highest BCUT2D eigenvalue weighted by molar-refractivity contribution is 5.85. The highest BCUT2D eigenvalue weighted by atomic mass is 35.5. The summed E-state index contributed by atoms with van der Waals surface area (Å²) in [5, 5.41) is 2.74. The zero-order valence-electron chi connectivity index (χ0n) is 30.3. The molecule has 0 spiro atoms. The number of rotatable bonds is 34. The highest BCUT2D eigenvalue weighted by Gasteiger charge is 2.28. The summed E-state index contributed by atoms with van der Waals surface area (Å²) in [7, 11) is 0. The third kappa shape index (κ3) is 20.7. The Hall–Kier alpha value is -2.44. The van der Waals surface area contributed by atoms with E-state index < -0.39 is 6.09 Å². The van der Waals surface area contributed by atoms with Crippen molar-refractivity contribution in [3.05, 3.63) is 59.7 Å². The van der Waals surface area contributed by atoms with Crippen LogP contribution in [0.15, 0.2) is 48.5 Å². The molecule has 0 unspecified atom stereocenters. The van der Waals surface area contributed by atoms with Crippen molar-refractivity contribution in [2.24, 2.45) is 5.73 Å². The minimum atomic E-state index is -0.452. The van der Waals surface area contributed by atoms with Crippen LogP contribution in [0.2, 0.25) is 0 Å². The second-order valence-electron chi connectivity index (χ2n) is 11.2. The van der Waals surface area contributed by atoms with Crippen molar-refractivity contribution in [2.45, 2.75) is 5.92 Å². The Morgan fingerprint density at radius 3 is 1.13 bits per heavy atom. The van der Waals surface area contributed by atoms with Crippen LogP contribution in [0.3, 0.4) is 0 Å². The number of hydrogen-bond acceptors (Lipinski definition) is 13. The number of fused-ring (bicyclic) bond motifs is 3. The van der Waals surface area contributed by atoms with Crippen molar-refractivity contribution in [3.63, 3.8) is 0 Å². The molecule has 52 heavy (non-hydrogen) atoms. The summed E-state index contributed by atoms with van der Waals surface area (Å²) < 4.78 is 60.0. The van der Waals surface area contributed by atoms with Gasteiger partial charge < -0.3 is 63.2 Å². The van der Waals surface area contributed by atoms with E-state index in [-0.39, 0.29) is 24.9 Å². The number of halogens is 1. The molecular weight excluding hydrogens is 700 g/mol. The Morgan fingerprint density at radius 2 is 0.788 bits per heavy atom. The van der Waals surface area contributed by atoms with E-state index in [1.165, 1.54) is 22.3 Å². The molecule has 1 aliphatic rings. The molecule has 0 aromatic heterocycles. The fourth-order valence-electron chi connectivity index (χ4n) is 5.04. The lowest BCUT2D eigenvalue weighted by Gasteiger charge is -2.14. The first kappa shape index (κ1) is 45.7. The van der Waals surface area contributed by atoms with Crippen LogP contribution in [0.4, 0.5) is 4.79 Å². The maximum atomic E-state index is 12.2. The summed E-state index contributed by atoms with van der Waals surface area (Å²) in [6.07, 6.45) is -0.452. The highest BCUT2D eigenvalue weighted by Crippen LogP contribution is 2.44. The van der Waals surface area contributed by atoms with Crippen molar-refractivity contribution < 1.29 is 56.9 Å². The molecule has 0 aliphatic heterocycles. The lowest BCUT2D eigenvalue weighted by molar-refractivity contribution is -0.0262. The van der Waals surface area contributed by atoms with Crippen molar-refractivity contribution in [3.8, 4) is 11.1 Å². The van der Waals surface area contributed by atoms with Gasteiger partial charge in [0.2, 0.25) is 0 Å². The topological polar surface area (TPSA) is 157 Å². The summed E-state index contributed by atoms with van der Waals surface area (Å²) in [6.45, 7) is 11.0. The molecule has 1 aliphatic carbocycles. The van der Waals surface area contributed by atoms with E-state index in [0.29, 0.717) is 145 Å². The molecule has 3 N–H and O–H groups in total. The van der Waals surface area contributed by atoms with E-state index >= 15 is 0 Å². The average molecular weight is 759 g/mol. The van der Waals surface area contributed by atoms with Crippen LogP contribution < -0.4 is 11.1 Å². The summed E-state index contributed by atoms with van der Waals surface area (Å²) >= 11 is 0. The maximum absolute atomic E-state index is 12.2. The second-order valence-corrected chi connectivity index (χ2v) is 11.2. The first-order valence-corrected chi connectivity index (χ1v) is 17.9. The summed E-state index contributed by atoms with van der Waals surface area (Å²) in [6, 6.07) is 16.5. The molecule has 0 saturated heterocycles. The van der Waals surface area contributed by atoms with Gasteiger partial charge in [-0.2, -0.15) is 0 Å². The summed E-state index contributed by atoms with van der Waals surface area (Å²) in [4.78, 5) is 12.2. The van der Waals surface area contributed by atoms with Crippen molar-refractivity contribution in [1.82, 2.24) is 5.32 Å². The number of alkyl carbamates (subject to hydrolysis) is 1. The molecule has 0 fully saturated rings. The quantitative estimate of drug-likeness (QED) is 0.101. The molecule has 0 bridgehead atoms. The van der Waals surface area contributed by atoms with E-state index in [2.05, 4.69) is 29.6 Å². The molecule has 2 aromatic rings. The first-order chi connectivity index (χ1) is 25.3. The standard InChI is InChI=1S/C37H58N2O12.ClH/c38-9-11-41-13-15-43-17-19-45-21-23-47-25-27-49-29-30-50-28-26-48-24-22-46-20-18-44-16-14-42-12-10-39-37(40)51-31-36-34-7-3-1-5-32(34)33-6-2-4-8-35(33)36;/h1-8,36H,9-31,38H2,(H,39,40);1H. The van der Waals surface area contributed by atoms with Gasteiger partial charge in [0.1, 0.15) is 6.61 Å². The van der Waals surface area contributed by atoms with Gasteiger partial charge in [0, 0.05) is 19.0 Å². The molecule has 0 heterocycles. The lowest BCUT2D eigenvalue weighted by Crippen LogP contribution is -2.29. The molecule has 1 amide bonds. The molecular formula is C37H59ClN2O12. The van der Waals surface area contributed by atoms with Gasteiger partial charge >= 0.3 is 6.09 Å². The molecule has 2 aromatic carbocycles. The van der Waals surface area contributed by atoms with E-state index in [4.69, 9.17) is 57.8 Å². The Morgan fingerprint density at radius 1 is 0.481 bits per heavy atom. The number of nitrogens with two attached hydrogens (primary N) is 1. The number of nitrogens with one attached hydrogen (secondary N) is 1. The zero-order valence-corrected chi connectivity index (χ0v) is 31.2. The van der Waals surface area contributed by atoms with Crippen LogP contribution >= 0.6 is 12.4 Å². The molecule has 3 rings (SSSR count). The van der Waals surface area contributed by atoms with Crippen LogP contribution in [-0.4, -0.2) is 158 Å². The smallest absolute Gasteiger partial charge is 0.407 e. The van der Waals surface area contributed by atoms with Gasteiger partial charge in [0.05, 0.1) is 132 Å². The minimum Gasteiger partial charge on any atom is -0.449 e. The average Bonchev–Trinajstić information content (AvgIpc) is 3.48. The molecule has 15 heteroatoms. The SMILES string of the molecule is Cl.NCCOCCOCCOCCOCCOCCOCCOCCOCCOCCOCCNC(=O)OCC1c2ccccc2-c2ccccc21. The fourth-order valence-corrected chi connectivity index (χ4v) is 5.04. The van der Waals surface area contributed by atoms with Crippen LogP contribution in [0, 0.1) is 0 Å². The molecule has 0 atom stereocenters. The Labute approximate surface area is 314 Å². The van der Waals surface area contributed by atoms with Gasteiger partial charge in [-0.3, -0.25) is 0 Å². The Balaban J connectivity index is 0.00000936. The van der Waals surface area contributed by atoms with E-state index in [1.54, 1.807) is 0 Å².